The fourth-order valence-corrected chi connectivity index (χ4v) is 2.28. The maximum absolute atomic E-state index is 5.31. The molecule has 3 rings (SSSR count). The lowest BCUT2D eigenvalue weighted by Gasteiger charge is -2.10. The summed E-state index contributed by atoms with van der Waals surface area (Å²) in [6, 6.07) is 14.0. The van der Waals surface area contributed by atoms with Crippen molar-refractivity contribution in [1.82, 2.24) is 9.97 Å². The van der Waals surface area contributed by atoms with E-state index in [9.17, 15) is 0 Å². The Morgan fingerprint density at radius 3 is 2.52 bits per heavy atom. The van der Waals surface area contributed by atoms with Gasteiger partial charge in [-0.15, -0.1) is 0 Å². The van der Waals surface area contributed by atoms with Crippen molar-refractivity contribution in [2.24, 2.45) is 0 Å². The quantitative estimate of drug-likeness (QED) is 0.711. The summed E-state index contributed by atoms with van der Waals surface area (Å²) in [5.74, 6) is 3.11. The van der Waals surface area contributed by atoms with Crippen LogP contribution in [0.1, 0.15) is 24.1 Å². The molecule has 0 aliphatic heterocycles. The summed E-state index contributed by atoms with van der Waals surface area (Å²) in [6.07, 6.45) is 2.70. The van der Waals surface area contributed by atoms with Gasteiger partial charge in [-0.3, -0.25) is 0 Å². The molecule has 0 saturated heterocycles. The Labute approximate surface area is 135 Å². The van der Waals surface area contributed by atoms with E-state index in [2.05, 4.69) is 51.8 Å². The van der Waals surface area contributed by atoms with Gasteiger partial charge in [0, 0.05) is 11.8 Å². The normalized spacial score (nSPS) is 10.5. The molecule has 0 aliphatic carbocycles. The zero-order valence-electron chi connectivity index (χ0n) is 13.3. The molecule has 0 saturated carbocycles. The lowest BCUT2D eigenvalue weighted by atomic mass is 10.1. The van der Waals surface area contributed by atoms with E-state index in [-0.39, 0.29) is 0 Å². The van der Waals surface area contributed by atoms with Gasteiger partial charge in [-0.05, 0) is 43.2 Å². The van der Waals surface area contributed by atoms with Crippen LogP contribution in [0, 0.1) is 6.92 Å². The van der Waals surface area contributed by atoms with E-state index >= 15 is 0 Å². The highest BCUT2D eigenvalue weighted by atomic mass is 16.3. The Balaban J connectivity index is 1.71. The first-order valence-corrected chi connectivity index (χ1v) is 7.71. The monoisotopic (exact) mass is 308 g/mol. The minimum atomic E-state index is 0.591. The van der Waals surface area contributed by atoms with Crippen LogP contribution in [0.15, 0.2) is 53.1 Å². The van der Waals surface area contributed by atoms with Crippen molar-refractivity contribution in [3.8, 4) is 0 Å². The van der Waals surface area contributed by atoms with E-state index in [0.29, 0.717) is 12.4 Å². The molecule has 0 radical (unpaired) electrons. The Bertz CT molecular complexity index is 751. The molecule has 5 heteroatoms. The number of hydrogen-bond donors (Lipinski definition) is 2. The van der Waals surface area contributed by atoms with Gasteiger partial charge in [-0.2, -0.15) is 0 Å². The van der Waals surface area contributed by atoms with Gasteiger partial charge < -0.3 is 15.1 Å². The molecular weight excluding hydrogens is 288 g/mol. The summed E-state index contributed by atoms with van der Waals surface area (Å²) in [4.78, 5) is 8.83. The predicted molar refractivity (Wildman–Crippen MR) is 91.9 cm³/mol. The van der Waals surface area contributed by atoms with Gasteiger partial charge in [0.1, 0.15) is 23.2 Å². The van der Waals surface area contributed by atoms with Crippen LogP contribution in [0.3, 0.4) is 0 Å². The average Bonchev–Trinajstić information content (AvgIpc) is 3.07. The molecule has 2 N–H and O–H groups in total. The Morgan fingerprint density at radius 2 is 1.83 bits per heavy atom. The highest BCUT2D eigenvalue weighted by Gasteiger charge is 2.04. The molecule has 1 aromatic carbocycles. The van der Waals surface area contributed by atoms with Crippen LogP contribution < -0.4 is 10.6 Å². The van der Waals surface area contributed by atoms with Crippen molar-refractivity contribution in [2.75, 3.05) is 10.6 Å². The van der Waals surface area contributed by atoms with Crippen LogP contribution in [0.4, 0.5) is 17.3 Å². The summed E-state index contributed by atoms with van der Waals surface area (Å²) in [5.41, 5.74) is 2.33. The van der Waals surface area contributed by atoms with Gasteiger partial charge >= 0.3 is 0 Å². The van der Waals surface area contributed by atoms with Crippen LogP contribution in [-0.4, -0.2) is 9.97 Å². The standard InChI is InChI=1S/C18H20N4O/c1-3-14-6-8-15(9-7-14)22-18-11-17(20-13(2)21-18)19-12-16-5-4-10-23-16/h4-11H,3,12H2,1-2H3,(H2,19,20,21,22). The maximum atomic E-state index is 5.31. The average molecular weight is 308 g/mol. The van der Waals surface area contributed by atoms with E-state index < -0.39 is 0 Å². The van der Waals surface area contributed by atoms with Gasteiger partial charge in [-0.25, -0.2) is 9.97 Å². The third-order valence-electron chi connectivity index (χ3n) is 3.50. The molecule has 3 aromatic rings. The van der Waals surface area contributed by atoms with E-state index in [4.69, 9.17) is 4.42 Å². The lowest BCUT2D eigenvalue weighted by Crippen LogP contribution is -2.04. The number of rotatable bonds is 6. The Kier molecular flexibility index (Phi) is 4.57. The predicted octanol–water partition coefficient (Wildman–Crippen LogP) is 4.30. The fraction of sp³-hybridized carbons (Fsp3) is 0.222. The molecule has 0 fully saturated rings. The first-order chi connectivity index (χ1) is 11.2. The Morgan fingerprint density at radius 1 is 1.04 bits per heavy atom. The van der Waals surface area contributed by atoms with Crippen molar-refractivity contribution in [2.45, 2.75) is 26.8 Å². The number of anilines is 3. The molecule has 118 valence electrons. The summed E-state index contributed by atoms with van der Waals surface area (Å²) >= 11 is 0. The number of nitrogens with one attached hydrogen (secondary N) is 2. The number of nitrogens with zero attached hydrogens (tertiary/aromatic N) is 2. The molecule has 2 heterocycles. The zero-order valence-corrected chi connectivity index (χ0v) is 13.3. The molecule has 0 aliphatic rings. The highest BCUT2D eigenvalue weighted by Crippen LogP contribution is 2.18. The van der Waals surface area contributed by atoms with Crippen molar-refractivity contribution in [3.05, 3.63) is 65.9 Å². The number of aromatic nitrogens is 2. The van der Waals surface area contributed by atoms with Crippen molar-refractivity contribution >= 4 is 17.3 Å². The largest absolute Gasteiger partial charge is 0.467 e. The van der Waals surface area contributed by atoms with Gasteiger partial charge in [0.2, 0.25) is 0 Å². The minimum Gasteiger partial charge on any atom is -0.467 e. The molecule has 0 spiro atoms. The number of benzene rings is 1. The molecule has 0 bridgehead atoms. The van der Waals surface area contributed by atoms with Crippen LogP contribution >= 0.6 is 0 Å². The zero-order chi connectivity index (χ0) is 16.1. The Hall–Kier alpha value is -2.82. The van der Waals surface area contributed by atoms with Gasteiger partial charge in [0.25, 0.3) is 0 Å². The highest BCUT2D eigenvalue weighted by molar-refractivity contribution is 5.59. The minimum absolute atomic E-state index is 0.591. The van der Waals surface area contributed by atoms with E-state index in [0.717, 1.165) is 29.5 Å². The summed E-state index contributed by atoms with van der Waals surface area (Å²) in [7, 11) is 0. The molecule has 2 aromatic heterocycles. The van der Waals surface area contributed by atoms with E-state index in [1.165, 1.54) is 5.56 Å². The molecule has 5 nitrogen and oxygen atoms in total. The first-order valence-electron chi connectivity index (χ1n) is 7.71. The van der Waals surface area contributed by atoms with Crippen molar-refractivity contribution in [1.29, 1.82) is 0 Å². The summed E-state index contributed by atoms with van der Waals surface area (Å²) < 4.78 is 5.31. The second-order valence-electron chi connectivity index (χ2n) is 5.29. The third kappa shape index (κ3) is 4.10. The number of aryl methyl sites for hydroxylation is 2. The van der Waals surface area contributed by atoms with Gasteiger partial charge in [-0.1, -0.05) is 19.1 Å². The van der Waals surface area contributed by atoms with Crippen LogP contribution in [0.25, 0.3) is 0 Å². The molecule has 23 heavy (non-hydrogen) atoms. The van der Waals surface area contributed by atoms with E-state index in [1.807, 2.05) is 25.1 Å². The van der Waals surface area contributed by atoms with Crippen molar-refractivity contribution in [3.63, 3.8) is 0 Å². The summed E-state index contributed by atoms with van der Waals surface area (Å²) in [5, 5.41) is 6.56. The SMILES string of the molecule is CCc1ccc(Nc2cc(NCc3ccco3)nc(C)n2)cc1. The topological polar surface area (TPSA) is 63.0 Å². The number of furan rings is 1. The number of hydrogen-bond acceptors (Lipinski definition) is 5. The molecule has 0 unspecified atom stereocenters. The van der Waals surface area contributed by atoms with E-state index in [1.54, 1.807) is 6.26 Å². The second-order valence-corrected chi connectivity index (χ2v) is 5.29. The second kappa shape index (κ2) is 6.96. The first kappa shape index (κ1) is 15.1. The van der Waals surface area contributed by atoms with Crippen molar-refractivity contribution < 1.29 is 4.42 Å². The van der Waals surface area contributed by atoms with Crippen LogP contribution in [0.2, 0.25) is 0 Å². The maximum Gasteiger partial charge on any atom is 0.136 e. The fourth-order valence-electron chi connectivity index (χ4n) is 2.28. The van der Waals surface area contributed by atoms with Gasteiger partial charge in [0.05, 0.1) is 12.8 Å². The third-order valence-corrected chi connectivity index (χ3v) is 3.50. The smallest absolute Gasteiger partial charge is 0.136 e. The van der Waals surface area contributed by atoms with Crippen LogP contribution in [0.5, 0.6) is 0 Å². The molecular formula is C18H20N4O. The van der Waals surface area contributed by atoms with Gasteiger partial charge in [0.15, 0.2) is 0 Å². The molecule has 0 atom stereocenters. The van der Waals surface area contributed by atoms with Crippen LogP contribution in [-0.2, 0) is 13.0 Å². The summed E-state index contributed by atoms with van der Waals surface area (Å²) in [6.45, 7) is 4.62. The molecule has 0 amide bonds. The lowest BCUT2D eigenvalue weighted by molar-refractivity contribution is 0.518.